The van der Waals surface area contributed by atoms with Gasteiger partial charge in [-0.2, -0.15) is 0 Å². The van der Waals surface area contributed by atoms with Crippen molar-refractivity contribution >= 4 is 17.5 Å². The van der Waals surface area contributed by atoms with Crippen LogP contribution in [0.15, 0.2) is 78.9 Å². The minimum atomic E-state index is -0.0540. The van der Waals surface area contributed by atoms with Crippen LogP contribution in [0.1, 0.15) is 34.9 Å². The molecule has 1 saturated heterocycles. The van der Waals surface area contributed by atoms with E-state index in [2.05, 4.69) is 85.6 Å². The lowest BCUT2D eigenvalue weighted by atomic mass is 10.0. The summed E-state index contributed by atoms with van der Waals surface area (Å²) in [5, 5.41) is 3.07. The van der Waals surface area contributed by atoms with Gasteiger partial charge in [-0.1, -0.05) is 73.2 Å². The van der Waals surface area contributed by atoms with Gasteiger partial charge in [0, 0.05) is 55.1 Å². The highest BCUT2D eigenvalue weighted by molar-refractivity contribution is 5.89. The smallest absolute Gasteiger partial charge is 0.321 e. The van der Waals surface area contributed by atoms with Crippen LogP contribution in [0.5, 0.6) is 0 Å². The number of nitrogens with zero attached hydrogens (tertiary/aromatic N) is 4. The number of carbonyl (C=O) groups excluding carboxylic acids is 1. The fourth-order valence-corrected chi connectivity index (χ4v) is 4.96. The first-order valence-electron chi connectivity index (χ1n) is 13.4. The number of hydrogen-bond acceptors (Lipinski definition) is 4. The Bertz CT molecular complexity index is 1410. The van der Waals surface area contributed by atoms with Crippen molar-refractivity contribution in [2.45, 2.75) is 33.6 Å². The fraction of sp³-hybridized carbons (Fsp3) is 0.281. The molecule has 6 heteroatoms. The minimum Gasteiger partial charge on any atom is -0.353 e. The zero-order valence-corrected chi connectivity index (χ0v) is 22.4. The number of aryl methyl sites for hydroxylation is 3. The topological polar surface area (TPSA) is 61.4 Å². The Morgan fingerprint density at radius 1 is 0.842 bits per heavy atom. The maximum atomic E-state index is 13.0. The van der Waals surface area contributed by atoms with Gasteiger partial charge in [0.15, 0.2) is 5.82 Å². The van der Waals surface area contributed by atoms with Gasteiger partial charge in [-0.05, 0) is 49.6 Å². The molecule has 5 rings (SSSR count). The minimum absolute atomic E-state index is 0.0540. The summed E-state index contributed by atoms with van der Waals surface area (Å²) in [6.45, 7) is 8.98. The Morgan fingerprint density at radius 2 is 1.58 bits per heavy atom. The van der Waals surface area contributed by atoms with Crippen molar-refractivity contribution < 1.29 is 4.79 Å². The number of hydrogen-bond donors (Lipinski definition) is 1. The van der Waals surface area contributed by atoms with E-state index in [9.17, 15) is 4.79 Å². The van der Waals surface area contributed by atoms with Crippen molar-refractivity contribution in [2.24, 2.45) is 0 Å². The van der Waals surface area contributed by atoms with E-state index in [1.165, 1.54) is 16.7 Å². The summed E-state index contributed by atoms with van der Waals surface area (Å²) < 4.78 is 0. The van der Waals surface area contributed by atoms with E-state index in [1.54, 1.807) is 0 Å². The molecule has 2 amide bonds. The van der Waals surface area contributed by atoms with E-state index < -0.39 is 0 Å². The van der Waals surface area contributed by atoms with Gasteiger partial charge in [-0.25, -0.2) is 14.8 Å². The van der Waals surface area contributed by atoms with Crippen molar-refractivity contribution in [3.05, 3.63) is 107 Å². The van der Waals surface area contributed by atoms with Crippen LogP contribution in [0.25, 0.3) is 11.4 Å². The lowest BCUT2D eigenvalue weighted by Crippen LogP contribution is -2.50. The molecule has 0 radical (unpaired) electrons. The Morgan fingerprint density at radius 3 is 2.32 bits per heavy atom. The van der Waals surface area contributed by atoms with Crippen molar-refractivity contribution in [3.8, 4) is 11.4 Å². The summed E-state index contributed by atoms with van der Waals surface area (Å²) in [5.41, 5.74) is 7.62. The molecule has 1 aliphatic rings. The molecule has 0 spiro atoms. The molecule has 0 aliphatic carbocycles. The first-order valence-corrected chi connectivity index (χ1v) is 13.4. The second kappa shape index (κ2) is 11.5. The van der Waals surface area contributed by atoms with Crippen LogP contribution in [0.4, 0.5) is 16.3 Å². The molecule has 4 aromatic rings. The van der Waals surface area contributed by atoms with Crippen molar-refractivity contribution in [1.82, 2.24) is 14.9 Å². The molecule has 194 valence electrons. The van der Waals surface area contributed by atoms with Gasteiger partial charge in [-0.3, -0.25) is 0 Å². The lowest BCUT2D eigenvalue weighted by molar-refractivity contribution is 0.208. The van der Waals surface area contributed by atoms with Gasteiger partial charge in [0.2, 0.25) is 0 Å². The lowest BCUT2D eigenvalue weighted by Gasteiger charge is -2.36. The molecule has 1 aliphatic heterocycles. The van der Waals surface area contributed by atoms with E-state index in [-0.39, 0.29) is 6.03 Å². The van der Waals surface area contributed by atoms with E-state index in [1.807, 2.05) is 29.2 Å². The number of urea groups is 1. The maximum absolute atomic E-state index is 13.0. The summed E-state index contributed by atoms with van der Waals surface area (Å²) >= 11 is 0. The fourth-order valence-electron chi connectivity index (χ4n) is 4.96. The van der Waals surface area contributed by atoms with Crippen LogP contribution in [-0.4, -0.2) is 47.1 Å². The van der Waals surface area contributed by atoms with Crippen molar-refractivity contribution in [3.63, 3.8) is 0 Å². The van der Waals surface area contributed by atoms with Gasteiger partial charge >= 0.3 is 6.03 Å². The Hall–Kier alpha value is -4.19. The highest BCUT2D eigenvalue weighted by atomic mass is 16.2. The molecule has 0 unspecified atom stereocenters. The Labute approximate surface area is 225 Å². The Balaban J connectivity index is 1.38. The summed E-state index contributed by atoms with van der Waals surface area (Å²) in [6.07, 6.45) is 1.71. The van der Waals surface area contributed by atoms with E-state index in [4.69, 9.17) is 9.97 Å². The van der Waals surface area contributed by atoms with Crippen LogP contribution >= 0.6 is 0 Å². The zero-order valence-electron chi connectivity index (χ0n) is 22.4. The second-order valence-electron chi connectivity index (χ2n) is 9.92. The predicted molar refractivity (Wildman–Crippen MR) is 155 cm³/mol. The monoisotopic (exact) mass is 505 g/mol. The largest absolute Gasteiger partial charge is 0.353 e. The summed E-state index contributed by atoms with van der Waals surface area (Å²) in [5.74, 6) is 1.71. The van der Waals surface area contributed by atoms with Crippen molar-refractivity contribution in [1.29, 1.82) is 0 Å². The Kier molecular flexibility index (Phi) is 7.68. The molecule has 38 heavy (non-hydrogen) atoms. The third-order valence-corrected chi connectivity index (χ3v) is 7.14. The molecule has 1 aromatic heterocycles. The number of amides is 2. The molecule has 6 nitrogen and oxygen atoms in total. The van der Waals surface area contributed by atoms with Crippen LogP contribution in [0.3, 0.4) is 0 Å². The molecule has 3 aromatic carbocycles. The number of rotatable bonds is 6. The summed E-state index contributed by atoms with van der Waals surface area (Å²) in [4.78, 5) is 27.3. The first-order chi connectivity index (χ1) is 18.5. The molecular weight excluding hydrogens is 470 g/mol. The first kappa shape index (κ1) is 25.5. The molecule has 0 bridgehead atoms. The normalized spacial score (nSPS) is 13.4. The van der Waals surface area contributed by atoms with Crippen molar-refractivity contribution in [2.75, 3.05) is 36.4 Å². The van der Waals surface area contributed by atoms with Gasteiger partial charge in [-0.15, -0.1) is 0 Å². The van der Waals surface area contributed by atoms with E-state index in [0.29, 0.717) is 26.2 Å². The van der Waals surface area contributed by atoms with Gasteiger partial charge in [0.25, 0.3) is 0 Å². The van der Waals surface area contributed by atoms with Gasteiger partial charge in [0.05, 0.1) is 0 Å². The SMILES string of the molecule is CCc1cccc(NC(=O)N2CCN(c3nc(-c4cccc(C)c4)nc(C)c3Cc3ccccc3)CC2)c1. The van der Waals surface area contributed by atoms with Crippen LogP contribution in [0, 0.1) is 13.8 Å². The van der Waals surface area contributed by atoms with Gasteiger partial charge in [0.1, 0.15) is 5.82 Å². The molecular formula is C32H35N5O. The van der Waals surface area contributed by atoms with Crippen LogP contribution in [0.2, 0.25) is 0 Å². The second-order valence-corrected chi connectivity index (χ2v) is 9.92. The van der Waals surface area contributed by atoms with Crippen LogP contribution < -0.4 is 10.2 Å². The van der Waals surface area contributed by atoms with E-state index >= 15 is 0 Å². The van der Waals surface area contributed by atoms with E-state index in [0.717, 1.165) is 47.0 Å². The molecule has 0 atom stereocenters. The quantitative estimate of drug-likeness (QED) is 0.336. The average molecular weight is 506 g/mol. The maximum Gasteiger partial charge on any atom is 0.321 e. The molecule has 1 fully saturated rings. The number of benzene rings is 3. The average Bonchev–Trinajstić information content (AvgIpc) is 2.95. The predicted octanol–water partition coefficient (Wildman–Crippen LogP) is 6.27. The standard InChI is InChI=1S/C32H35N5O/c1-4-25-13-9-15-28(21-25)34-32(38)37-18-16-36(17-19-37)31-29(22-26-11-6-5-7-12-26)24(3)33-30(35-31)27-14-8-10-23(2)20-27/h5-15,20-21H,4,16-19,22H2,1-3H3,(H,34,38). The highest BCUT2D eigenvalue weighted by Crippen LogP contribution is 2.29. The number of nitrogens with one attached hydrogen (secondary N) is 1. The zero-order chi connectivity index (χ0) is 26.5. The molecule has 0 saturated carbocycles. The third-order valence-electron chi connectivity index (χ3n) is 7.14. The number of carbonyl (C=O) groups is 1. The summed E-state index contributed by atoms with van der Waals surface area (Å²) in [7, 11) is 0. The third kappa shape index (κ3) is 5.86. The highest BCUT2D eigenvalue weighted by Gasteiger charge is 2.25. The summed E-state index contributed by atoms with van der Waals surface area (Å²) in [6, 6.07) is 26.8. The number of aromatic nitrogens is 2. The van der Waals surface area contributed by atoms with Gasteiger partial charge < -0.3 is 15.1 Å². The van der Waals surface area contributed by atoms with Crippen LogP contribution in [-0.2, 0) is 12.8 Å². The number of piperazine rings is 1. The number of anilines is 2. The molecule has 2 heterocycles. The molecule has 1 N–H and O–H groups in total.